The molecule has 1 aliphatic rings. The maximum atomic E-state index is 9.00. The highest BCUT2D eigenvalue weighted by Crippen LogP contribution is 2.17. The van der Waals surface area contributed by atoms with Crippen molar-refractivity contribution < 1.29 is 20.4 Å². The minimum atomic E-state index is -0.415. The van der Waals surface area contributed by atoms with Crippen molar-refractivity contribution in [3.05, 3.63) is 11.8 Å². The SMILES string of the molecule is OCN1CN(CO)C(O)=C1O. The maximum absolute atomic E-state index is 9.00. The van der Waals surface area contributed by atoms with Crippen LogP contribution in [0.2, 0.25) is 0 Å². The van der Waals surface area contributed by atoms with E-state index >= 15 is 0 Å². The topological polar surface area (TPSA) is 87.4 Å². The molecule has 0 aromatic rings. The van der Waals surface area contributed by atoms with Crippen molar-refractivity contribution in [1.82, 2.24) is 9.80 Å². The Kier molecular flexibility index (Phi) is 2.06. The van der Waals surface area contributed by atoms with Gasteiger partial charge in [0, 0.05) is 0 Å². The molecule has 0 aromatic carbocycles. The van der Waals surface area contributed by atoms with Crippen LogP contribution in [0.15, 0.2) is 11.8 Å². The normalized spacial score (nSPS) is 18.4. The summed E-state index contributed by atoms with van der Waals surface area (Å²) < 4.78 is 0. The number of aliphatic hydroxyl groups is 4. The van der Waals surface area contributed by atoms with Crippen LogP contribution in [0.3, 0.4) is 0 Å². The monoisotopic (exact) mass is 162 g/mol. The molecule has 0 spiro atoms. The highest BCUT2D eigenvalue weighted by atomic mass is 16.4. The Bertz CT molecular complexity index is 163. The minimum Gasteiger partial charge on any atom is -0.491 e. The zero-order valence-corrected chi connectivity index (χ0v) is 5.80. The van der Waals surface area contributed by atoms with Crippen molar-refractivity contribution in [1.29, 1.82) is 0 Å². The third-order valence-electron chi connectivity index (χ3n) is 1.48. The summed E-state index contributed by atoms with van der Waals surface area (Å²) in [4.78, 5) is 2.21. The van der Waals surface area contributed by atoms with E-state index in [2.05, 4.69) is 0 Å². The largest absolute Gasteiger partial charge is 0.491 e. The first-order chi connectivity index (χ1) is 5.20. The first-order valence-corrected chi connectivity index (χ1v) is 3.04. The standard InChI is InChI=1S/C5H10N2O4/c8-2-6-1-7(3-9)5(11)4(6)10/h8-11H,1-3H2. The highest BCUT2D eigenvalue weighted by molar-refractivity contribution is 5.02. The molecule has 0 unspecified atom stereocenters. The second kappa shape index (κ2) is 2.85. The van der Waals surface area contributed by atoms with E-state index in [0.717, 1.165) is 9.80 Å². The van der Waals surface area contributed by atoms with Crippen LogP contribution in [0, 0.1) is 0 Å². The van der Waals surface area contributed by atoms with Crippen molar-refractivity contribution in [2.24, 2.45) is 0 Å². The van der Waals surface area contributed by atoms with E-state index < -0.39 is 25.2 Å². The van der Waals surface area contributed by atoms with Gasteiger partial charge in [-0.25, -0.2) is 0 Å². The number of aliphatic hydroxyl groups excluding tert-OH is 4. The Balaban J connectivity index is 2.71. The lowest BCUT2D eigenvalue weighted by Crippen LogP contribution is -2.29. The summed E-state index contributed by atoms with van der Waals surface area (Å²) in [6, 6.07) is 0. The van der Waals surface area contributed by atoms with E-state index in [0.29, 0.717) is 0 Å². The number of hydrogen-bond donors (Lipinski definition) is 4. The number of nitrogens with zero attached hydrogens (tertiary/aromatic N) is 2. The van der Waals surface area contributed by atoms with Crippen LogP contribution in [0.1, 0.15) is 0 Å². The van der Waals surface area contributed by atoms with Gasteiger partial charge in [-0.1, -0.05) is 0 Å². The number of hydrogen-bond acceptors (Lipinski definition) is 6. The molecule has 0 saturated carbocycles. The number of rotatable bonds is 2. The van der Waals surface area contributed by atoms with Gasteiger partial charge in [0.05, 0.1) is 0 Å². The predicted octanol–water partition coefficient (Wildman–Crippen LogP) is -1.30. The van der Waals surface area contributed by atoms with E-state index in [4.69, 9.17) is 20.4 Å². The third-order valence-corrected chi connectivity index (χ3v) is 1.48. The molecule has 0 fully saturated rings. The lowest BCUT2D eigenvalue weighted by Gasteiger charge is -2.16. The van der Waals surface area contributed by atoms with Gasteiger partial charge >= 0.3 is 0 Å². The van der Waals surface area contributed by atoms with Crippen LogP contribution in [-0.4, -0.2) is 50.4 Å². The first-order valence-electron chi connectivity index (χ1n) is 3.04. The van der Waals surface area contributed by atoms with Crippen molar-refractivity contribution >= 4 is 0 Å². The van der Waals surface area contributed by atoms with E-state index in [1.165, 1.54) is 0 Å². The van der Waals surface area contributed by atoms with Crippen LogP contribution in [0.4, 0.5) is 0 Å². The quantitative estimate of drug-likeness (QED) is 0.404. The van der Waals surface area contributed by atoms with E-state index in [-0.39, 0.29) is 6.67 Å². The highest BCUT2D eigenvalue weighted by Gasteiger charge is 2.27. The Morgan fingerprint density at radius 3 is 1.55 bits per heavy atom. The summed E-state index contributed by atoms with van der Waals surface area (Å²) in [6.45, 7) is -0.705. The van der Waals surface area contributed by atoms with Gasteiger partial charge in [0.2, 0.25) is 0 Å². The van der Waals surface area contributed by atoms with Gasteiger partial charge in [-0.2, -0.15) is 0 Å². The third kappa shape index (κ3) is 1.17. The molecule has 6 heteroatoms. The fourth-order valence-corrected chi connectivity index (χ4v) is 0.846. The molecule has 0 bridgehead atoms. The van der Waals surface area contributed by atoms with E-state index in [9.17, 15) is 0 Å². The first kappa shape index (κ1) is 7.96. The minimum absolute atomic E-state index is 0.0880. The molecule has 0 radical (unpaired) electrons. The Morgan fingerprint density at radius 1 is 1.00 bits per heavy atom. The summed E-state index contributed by atoms with van der Waals surface area (Å²) in [5.74, 6) is -0.830. The molecule has 1 aliphatic heterocycles. The van der Waals surface area contributed by atoms with Gasteiger partial charge in [0.15, 0.2) is 0 Å². The summed E-state index contributed by atoms with van der Waals surface area (Å²) in [5, 5.41) is 35.2. The van der Waals surface area contributed by atoms with E-state index in [1.807, 2.05) is 0 Å². The smallest absolute Gasteiger partial charge is 0.252 e. The van der Waals surface area contributed by atoms with Crippen molar-refractivity contribution in [2.45, 2.75) is 0 Å². The van der Waals surface area contributed by atoms with Crippen LogP contribution < -0.4 is 0 Å². The molecule has 11 heavy (non-hydrogen) atoms. The summed E-state index contributed by atoms with van der Waals surface area (Å²) in [6.07, 6.45) is 0. The molecule has 0 saturated heterocycles. The average molecular weight is 162 g/mol. The molecule has 6 nitrogen and oxygen atoms in total. The van der Waals surface area contributed by atoms with Crippen molar-refractivity contribution in [3.63, 3.8) is 0 Å². The van der Waals surface area contributed by atoms with Gasteiger partial charge in [-0.3, -0.25) is 9.80 Å². The van der Waals surface area contributed by atoms with Gasteiger partial charge in [0.1, 0.15) is 20.1 Å². The van der Waals surface area contributed by atoms with Crippen LogP contribution in [0.5, 0.6) is 0 Å². The zero-order valence-electron chi connectivity index (χ0n) is 5.80. The van der Waals surface area contributed by atoms with Crippen LogP contribution in [-0.2, 0) is 0 Å². The molecule has 1 heterocycles. The molecule has 1 rings (SSSR count). The molecule has 0 aliphatic carbocycles. The molecular formula is C5H10N2O4. The molecule has 0 amide bonds. The predicted molar refractivity (Wildman–Crippen MR) is 35.0 cm³/mol. The molecular weight excluding hydrogens is 152 g/mol. The summed E-state index contributed by atoms with van der Waals surface area (Å²) >= 11 is 0. The van der Waals surface area contributed by atoms with Crippen molar-refractivity contribution in [3.8, 4) is 0 Å². The Labute approximate surface area is 63.2 Å². The summed E-state index contributed by atoms with van der Waals surface area (Å²) in [7, 11) is 0. The van der Waals surface area contributed by atoms with Gasteiger partial charge < -0.3 is 20.4 Å². The van der Waals surface area contributed by atoms with Crippen molar-refractivity contribution in [2.75, 3.05) is 20.1 Å². The van der Waals surface area contributed by atoms with Gasteiger partial charge in [-0.15, -0.1) is 0 Å². The zero-order chi connectivity index (χ0) is 8.43. The average Bonchev–Trinajstić information content (AvgIpc) is 2.30. The summed E-state index contributed by atoms with van der Waals surface area (Å²) in [5.41, 5.74) is 0. The van der Waals surface area contributed by atoms with Crippen LogP contribution in [0.25, 0.3) is 0 Å². The molecule has 0 aromatic heterocycles. The van der Waals surface area contributed by atoms with E-state index in [1.54, 1.807) is 0 Å². The lowest BCUT2D eigenvalue weighted by atomic mass is 10.7. The fraction of sp³-hybridized carbons (Fsp3) is 0.600. The van der Waals surface area contributed by atoms with Crippen LogP contribution >= 0.6 is 0 Å². The second-order valence-electron chi connectivity index (χ2n) is 2.15. The molecule has 0 atom stereocenters. The molecule has 4 N–H and O–H groups in total. The second-order valence-corrected chi connectivity index (χ2v) is 2.15. The molecule has 64 valence electrons. The lowest BCUT2D eigenvalue weighted by molar-refractivity contribution is 0.0488. The maximum Gasteiger partial charge on any atom is 0.252 e. The van der Waals surface area contributed by atoms with Gasteiger partial charge in [0.25, 0.3) is 11.8 Å². The Morgan fingerprint density at radius 2 is 1.36 bits per heavy atom. The van der Waals surface area contributed by atoms with Gasteiger partial charge in [-0.05, 0) is 0 Å². The Hall–Kier alpha value is -1.14. The fourth-order valence-electron chi connectivity index (χ4n) is 0.846.